The van der Waals surface area contributed by atoms with Crippen molar-refractivity contribution in [2.24, 2.45) is 0 Å². The summed E-state index contributed by atoms with van der Waals surface area (Å²) in [5, 5.41) is 3.32. The molecule has 1 aliphatic rings. The van der Waals surface area contributed by atoms with E-state index in [1.165, 1.54) is 0 Å². The van der Waals surface area contributed by atoms with Crippen molar-refractivity contribution in [3.63, 3.8) is 0 Å². The first-order valence-corrected chi connectivity index (χ1v) is 5.79. The second-order valence-electron chi connectivity index (χ2n) is 3.92. The molecule has 0 amide bonds. The predicted octanol–water partition coefficient (Wildman–Crippen LogP) is 1.36. The Hall–Kier alpha value is -1.13. The molecule has 2 heterocycles. The summed E-state index contributed by atoms with van der Waals surface area (Å²) in [5.74, 6) is 0.698. The lowest BCUT2D eigenvalue weighted by atomic mass is 10.3. The third-order valence-corrected chi connectivity index (χ3v) is 2.41. The van der Waals surface area contributed by atoms with Crippen LogP contribution in [-0.2, 0) is 11.3 Å². The Morgan fingerprint density at radius 2 is 2.38 bits per heavy atom. The molecule has 1 aromatic heterocycles. The van der Waals surface area contributed by atoms with Gasteiger partial charge in [0, 0.05) is 12.6 Å². The van der Waals surface area contributed by atoms with Crippen LogP contribution in [-0.4, -0.2) is 30.8 Å². The first kappa shape index (κ1) is 11.4. The normalized spacial score (nSPS) is 15.8. The van der Waals surface area contributed by atoms with Gasteiger partial charge in [-0.2, -0.15) is 0 Å². The molecule has 0 unspecified atom stereocenters. The van der Waals surface area contributed by atoms with Gasteiger partial charge >= 0.3 is 0 Å². The van der Waals surface area contributed by atoms with E-state index in [4.69, 9.17) is 9.47 Å². The van der Waals surface area contributed by atoms with Crippen molar-refractivity contribution in [2.45, 2.75) is 26.0 Å². The van der Waals surface area contributed by atoms with Gasteiger partial charge in [-0.05, 0) is 19.0 Å². The van der Waals surface area contributed by atoms with E-state index >= 15 is 0 Å². The van der Waals surface area contributed by atoms with Crippen molar-refractivity contribution < 1.29 is 9.47 Å². The van der Waals surface area contributed by atoms with Gasteiger partial charge in [0.15, 0.2) is 0 Å². The van der Waals surface area contributed by atoms with Gasteiger partial charge in [-0.1, -0.05) is 13.0 Å². The van der Waals surface area contributed by atoms with Crippen LogP contribution < -0.4 is 10.1 Å². The van der Waals surface area contributed by atoms with Crippen molar-refractivity contribution >= 4 is 0 Å². The molecule has 1 fully saturated rings. The van der Waals surface area contributed by atoms with Gasteiger partial charge in [0.2, 0.25) is 5.88 Å². The van der Waals surface area contributed by atoms with Crippen molar-refractivity contribution in [3.8, 4) is 5.88 Å². The second kappa shape index (κ2) is 5.82. The highest BCUT2D eigenvalue weighted by molar-refractivity contribution is 5.16. The molecule has 0 spiro atoms. The van der Waals surface area contributed by atoms with E-state index in [0.29, 0.717) is 19.1 Å². The maximum atomic E-state index is 5.63. The zero-order valence-corrected chi connectivity index (χ0v) is 9.61. The summed E-state index contributed by atoms with van der Waals surface area (Å²) in [6, 6.07) is 5.87. The number of hydrogen-bond acceptors (Lipinski definition) is 4. The molecule has 0 bridgehead atoms. The minimum Gasteiger partial charge on any atom is -0.469 e. The van der Waals surface area contributed by atoms with E-state index in [1.807, 2.05) is 18.2 Å². The molecule has 88 valence electrons. The summed E-state index contributed by atoms with van der Waals surface area (Å²) in [7, 11) is 0. The van der Waals surface area contributed by atoms with Gasteiger partial charge < -0.3 is 14.8 Å². The molecule has 1 aromatic rings. The molecule has 0 radical (unpaired) electrons. The average Bonchev–Trinajstić information content (AvgIpc) is 2.25. The number of rotatable bonds is 6. The van der Waals surface area contributed by atoms with Crippen LogP contribution in [0.1, 0.15) is 19.0 Å². The fourth-order valence-corrected chi connectivity index (χ4v) is 1.47. The van der Waals surface area contributed by atoms with Crippen LogP contribution in [0, 0.1) is 0 Å². The van der Waals surface area contributed by atoms with Crippen molar-refractivity contribution in [3.05, 3.63) is 23.9 Å². The van der Waals surface area contributed by atoms with E-state index < -0.39 is 0 Å². The highest BCUT2D eigenvalue weighted by atomic mass is 16.6. The Balaban J connectivity index is 1.85. The van der Waals surface area contributed by atoms with Crippen molar-refractivity contribution in [2.75, 3.05) is 19.8 Å². The molecule has 0 aromatic carbocycles. The number of nitrogens with zero attached hydrogens (tertiary/aromatic N) is 1. The lowest BCUT2D eigenvalue weighted by molar-refractivity contribution is -0.0813. The third-order valence-electron chi connectivity index (χ3n) is 2.41. The zero-order valence-electron chi connectivity index (χ0n) is 9.61. The molecule has 0 saturated carbocycles. The largest absolute Gasteiger partial charge is 0.469 e. The van der Waals surface area contributed by atoms with Gasteiger partial charge in [0.05, 0.1) is 18.9 Å². The summed E-state index contributed by atoms with van der Waals surface area (Å²) in [5.41, 5.74) is 1.02. The Morgan fingerprint density at radius 1 is 1.50 bits per heavy atom. The van der Waals surface area contributed by atoms with Crippen LogP contribution in [0.15, 0.2) is 18.2 Å². The van der Waals surface area contributed by atoms with Gasteiger partial charge in [0.1, 0.15) is 6.10 Å². The molecule has 16 heavy (non-hydrogen) atoms. The molecular formula is C12H18N2O2. The zero-order chi connectivity index (χ0) is 11.2. The summed E-state index contributed by atoms with van der Waals surface area (Å²) in [4.78, 5) is 4.43. The third kappa shape index (κ3) is 3.18. The molecule has 2 rings (SSSR count). The Morgan fingerprint density at radius 3 is 3.06 bits per heavy atom. The molecule has 1 saturated heterocycles. The minimum absolute atomic E-state index is 0.186. The quantitative estimate of drug-likeness (QED) is 0.738. The smallest absolute Gasteiger partial charge is 0.213 e. The van der Waals surface area contributed by atoms with E-state index in [2.05, 4.69) is 17.2 Å². The summed E-state index contributed by atoms with van der Waals surface area (Å²) < 4.78 is 10.7. The standard InChI is InChI=1S/C12H18N2O2/c1-2-6-13-7-10-4-3-5-12(14-10)16-11-8-15-9-11/h3-5,11,13H,2,6-9H2,1H3. The summed E-state index contributed by atoms with van der Waals surface area (Å²) in [6.45, 7) is 5.33. The molecular weight excluding hydrogens is 204 g/mol. The number of aromatic nitrogens is 1. The summed E-state index contributed by atoms with van der Waals surface area (Å²) >= 11 is 0. The van der Waals surface area contributed by atoms with E-state index in [9.17, 15) is 0 Å². The van der Waals surface area contributed by atoms with Gasteiger partial charge in [-0.15, -0.1) is 0 Å². The maximum Gasteiger partial charge on any atom is 0.213 e. The second-order valence-corrected chi connectivity index (χ2v) is 3.92. The monoisotopic (exact) mass is 222 g/mol. The van der Waals surface area contributed by atoms with Crippen molar-refractivity contribution in [1.82, 2.24) is 10.3 Å². The summed E-state index contributed by atoms with van der Waals surface area (Å²) in [6.07, 6.45) is 1.32. The van der Waals surface area contributed by atoms with Crippen LogP contribution in [0.4, 0.5) is 0 Å². The van der Waals surface area contributed by atoms with E-state index in [0.717, 1.165) is 25.2 Å². The Bertz CT molecular complexity index is 327. The minimum atomic E-state index is 0.186. The highest BCUT2D eigenvalue weighted by Gasteiger charge is 2.20. The Labute approximate surface area is 96.0 Å². The van der Waals surface area contributed by atoms with Gasteiger partial charge in [-0.3, -0.25) is 0 Å². The fourth-order valence-electron chi connectivity index (χ4n) is 1.47. The SMILES string of the molecule is CCCNCc1cccc(OC2COC2)n1. The van der Waals surface area contributed by atoms with Crippen LogP contribution in [0.2, 0.25) is 0 Å². The van der Waals surface area contributed by atoms with Gasteiger partial charge in [-0.25, -0.2) is 4.98 Å². The lowest BCUT2D eigenvalue weighted by Crippen LogP contribution is -2.38. The van der Waals surface area contributed by atoms with Crippen LogP contribution in [0.3, 0.4) is 0 Å². The first-order chi connectivity index (χ1) is 7.88. The number of nitrogens with one attached hydrogen (secondary N) is 1. The van der Waals surface area contributed by atoms with E-state index in [1.54, 1.807) is 0 Å². The number of hydrogen-bond donors (Lipinski definition) is 1. The Kier molecular flexibility index (Phi) is 4.13. The molecule has 0 atom stereocenters. The molecule has 0 aliphatic carbocycles. The van der Waals surface area contributed by atoms with Crippen LogP contribution in [0.25, 0.3) is 0 Å². The predicted molar refractivity (Wildman–Crippen MR) is 61.5 cm³/mol. The molecule has 4 nitrogen and oxygen atoms in total. The molecule has 1 aliphatic heterocycles. The highest BCUT2D eigenvalue weighted by Crippen LogP contribution is 2.13. The number of pyridine rings is 1. The van der Waals surface area contributed by atoms with Crippen LogP contribution >= 0.6 is 0 Å². The number of ether oxygens (including phenoxy) is 2. The van der Waals surface area contributed by atoms with Crippen LogP contribution in [0.5, 0.6) is 5.88 Å². The average molecular weight is 222 g/mol. The fraction of sp³-hybridized carbons (Fsp3) is 0.583. The molecule has 1 N–H and O–H groups in total. The molecule has 4 heteroatoms. The maximum absolute atomic E-state index is 5.63. The first-order valence-electron chi connectivity index (χ1n) is 5.79. The van der Waals surface area contributed by atoms with Gasteiger partial charge in [0.25, 0.3) is 0 Å². The lowest BCUT2D eigenvalue weighted by Gasteiger charge is -2.26. The van der Waals surface area contributed by atoms with Crippen molar-refractivity contribution in [1.29, 1.82) is 0 Å². The van der Waals surface area contributed by atoms with E-state index in [-0.39, 0.29) is 6.10 Å². The topological polar surface area (TPSA) is 43.4 Å².